The van der Waals surface area contributed by atoms with Gasteiger partial charge in [-0.05, 0) is 141 Å². The molecule has 0 unspecified atom stereocenters. The third-order valence-electron chi connectivity index (χ3n) is 18.2. The largest absolute Gasteiger partial charge is 0.309 e. The molecule has 0 saturated heterocycles. The van der Waals surface area contributed by atoms with Gasteiger partial charge in [-0.25, -0.2) is 0 Å². The molecular formula is C80H70N4. The number of fused-ring (bicyclic) bond motifs is 12. The third-order valence-corrected chi connectivity index (χ3v) is 18.2. The van der Waals surface area contributed by atoms with E-state index in [9.17, 15) is 0 Å². The van der Waals surface area contributed by atoms with E-state index in [1.807, 2.05) is 0 Å². The Bertz CT molecular complexity index is 4720. The van der Waals surface area contributed by atoms with Gasteiger partial charge >= 0.3 is 0 Å². The molecule has 410 valence electrons. The number of aromatic nitrogens is 2. The summed E-state index contributed by atoms with van der Waals surface area (Å²) < 4.78 is 5.16. The molecule has 11 aromatic carbocycles. The number of anilines is 6. The standard InChI is InChI=1S/C80H70N4/c1-49(2)53-27-21-29-57(43-53)81(69-39-35-55(79(5,6)7)45-63(69)51-23-13-11-14-24-51)71-41-37-59-65-47-74-66(48-73(65)83-67-33-19-17-31-61(67)75(71)77(59)83)60-38-42-72(76-62-32-18-20-34-68(62)84(74)78(60)76)82(58-30-22-28-54(44-58)50(3)4)70-40-36-56(80(8,9)10)46-64(70)52-25-15-12-16-26-52/h11-50H,1-10H3. The fourth-order valence-corrected chi connectivity index (χ4v) is 13.8. The lowest BCUT2D eigenvalue weighted by Gasteiger charge is -2.31. The van der Waals surface area contributed by atoms with Crippen LogP contribution in [0.2, 0.25) is 0 Å². The van der Waals surface area contributed by atoms with Gasteiger partial charge in [-0.15, -0.1) is 0 Å². The Balaban J connectivity index is 1.01. The van der Waals surface area contributed by atoms with Crippen molar-refractivity contribution in [2.75, 3.05) is 9.80 Å². The molecule has 0 amide bonds. The predicted octanol–water partition coefficient (Wildman–Crippen LogP) is 23.1. The lowest BCUT2D eigenvalue weighted by atomic mass is 9.84. The first-order valence-electron chi connectivity index (χ1n) is 30.1. The van der Waals surface area contributed by atoms with Gasteiger partial charge in [-0.3, -0.25) is 0 Å². The molecular weight excluding hydrogens is 1020 g/mol. The summed E-state index contributed by atoms with van der Waals surface area (Å²) in [7, 11) is 0. The molecule has 0 aliphatic rings. The van der Waals surface area contributed by atoms with Crippen LogP contribution in [0.15, 0.2) is 231 Å². The summed E-state index contributed by atoms with van der Waals surface area (Å²) >= 11 is 0. The van der Waals surface area contributed by atoms with Crippen molar-refractivity contribution in [1.82, 2.24) is 8.80 Å². The second-order valence-corrected chi connectivity index (χ2v) is 26.2. The molecule has 0 aliphatic carbocycles. The molecule has 0 N–H and O–H groups in total. The number of benzene rings is 11. The van der Waals surface area contributed by atoms with Gasteiger partial charge in [0.05, 0.1) is 55.8 Å². The van der Waals surface area contributed by atoms with Crippen molar-refractivity contribution in [2.24, 2.45) is 0 Å². The summed E-state index contributed by atoms with van der Waals surface area (Å²) in [4.78, 5) is 5.11. The summed E-state index contributed by atoms with van der Waals surface area (Å²) in [5.74, 6) is 0.724. The molecule has 0 atom stereocenters. The van der Waals surface area contributed by atoms with Crippen molar-refractivity contribution in [3.8, 4) is 22.3 Å². The van der Waals surface area contributed by atoms with Crippen LogP contribution < -0.4 is 9.80 Å². The number of hydrogen-bond acceptors (Lipinski definition) is 2. The van der Waals surface area contributed by atoms with Crippen molar-refractivity contribution in [3.05, 3.63) is 253 Å². The average molecular weight is 1090 g/mol. The maximum absolute atomic E-state index is 2.58. The van der Waals surface area contributed by atoms with Crippen molar-refractivity contribution < 1.29 is 0 Å². The van der Waals surface area contributed by atoms with E-state index in [-0.39, 0.29) is 10.8 Å². The molecule has 0 bridgehead atoms. The van der Waals surface area contributed by atoms with E-state index in [4.69, 9.17) is 0 Å². The van der Waals surface area contributed by atoms with Gasteiger partial charge in [0.25, 0.3) is 0 Å². The molecule has 4 nitrogen and oxygen atoms in total. The van der Waals surface area contributed by atoms with Gasteiger partial charge < -0.3 is 18.6 Å². The minimum atomic E-state index is -0.0368. The molecule has 4 heterocycles. The van der Waals surface area contributed by atoms with Crippen LogP contribution in [-0.2, 0) is 10.8 Å². The van der Waals surface area contributed by atoms with E-state index in [1.54, 1.807) is 0 Å². The molecule has 15 rings (SSSR count). The first kappa shape index (κ1) is 51.5. The molecule has 0 aliphatic heterocycles. The first-order chi connectivity index (χ1) is 40.6. The molecule has 0 fully saturated rings. The SMILES string of the molecule is CC(C)c1cccc(N(c2ccc(C(C)(C)C)cc2-c2ccccc2)c2ccc3c4cc5c(cc4n4c6ccccc6c2c34)c2ccc(N(c3cccc(C(C)C)c3)c3ccc(C(C)(C)C)cc3-c3ccccc3)c3c4ccccc4n5c23)c1. The number of para-hydroxylation sites is 2. The first-order valence-corrected chi connectivity index (χ1v) is 30.1. The minimum Gasteiger partial charge on any atom is -0.309 e. The predicted molar refractivity (Wildman–Crippen MR) is 362 cm³/mol. The number of nitrogens with zero attached hydrogens (tertiary/aromatic N) is 4. The fourth-order valence-electron chi connectivity index (χ4n) is 13.8. The monoisotopic (exact) mass is 1090 g/mol. The summed E-state index contributed by atoms with van der Waals surface area (Å²) in [6, 6.07) is 87.6. The summed E-state index contributed by atoms with van der Waals surface area (Å²) in [6.07, 6.45) is 0. The average Bonchev–Trinajstić information content (AvgIpc) is 1.76. The van der Waals surface area contributed by atoms with Crippen LogP contribution in [0.25, 0.3) is 98.4 Å². The highest BCUT2D eigenvalue weighted by atomic mass is 15.2. The quantitative estimate of drug-likeness (QED) is 0.136. The Kier molecular flexibility index (Phi) is 11.7. The summed E-state index contributed by atoms with van der Waals surface area (Å²) in [5, 5.41) is 9.97. The highest BCUT2D eigenvalue weighted by Crippen LogP contribution is 2.54. The highest BCUT2D eigenvalue weighted by Gasteiger charge is 2.31. The minimum absolute atomic E-state index is 0.0368. The van der Waals surface area contributed by atoms with E-state index >= 15 is 0 Å². The van der Waals surface area contributed by atoms with Crippen molar-refractivity contribution in [1.29, 1.82) is 0 Å². The summed E-state index contributed by atoms with van der Waals surface area (Å²) in [5.41, 5.74) is 24.2. The van der Waals surface area contributed by atoms with Crippen molar-refractivity contribution >= 4 is 110 Å². The molecule has 4 heteroatoms. The zero-order valence-electron chi connectivity index (χ0n) is 49.9. The Morgan fingerprint density at radius 1 is 0.310 bits per heavy atom. The van der Waals surface area contributed by atoms with Gasteiger partial charge in [0.15, 0.2) is 0 Å². The molecule has 84 heavy (non-hydrogen) atoms. The highest BCUT2D eigenvalue weighted by molar-refractivity contribution is 6.32. The van der Waals surface area contributed by atoms with Crippen LogP contribution in [0, 0.1) is 0 Å². The van der Waals surface area contributed by atoms with E-state index in [1.165, 1.54) is 121 Å². The lowest BCUT2D eigenvalue weighted by molar-refractivity contribution is 0.590. The topological polar surface area (TPSA) is 15.3 Å². The molecule has 15 aromatic rings. The maximum Gasteiger partial charge on any atom is 0.0641 e. The van der Waals surface area contributed by atoms with Gasteiger partial charge in [0, 0.05) is 65.6 Å². The van der Waals surface area contributed by atoms with Gasteiger partial charge in [0.1, 0.15) is 0 Å². The zero-order valence-corrected chi connectivity index (χ0v) is 49.9. The second-order valence-electron chi connectivity index (χ2n) is 26.2. The maximum atomic E-state index is 2.58. The van der Waals surface area contributed by atoms with Crippen LogP contribution in [0.1, 0.15) is 103 Å². The van der Waals surface area contributed by atoms with Crippen LogP contribution in [0.5, 0.6) is 0 Å². The van der Waals surface area contributed by atoms with Gasteiger partial charge in [0.2, 0.25) is 0 Å². The third kappa shape index (κ3) is 7.94. The number of rotatable bonds is 10. The Morgan fingerprint density at radius 3 is 1.08 bits per heavy atom. The van der Waals surface area contributed by atoms with Crippen molar-refractivity contribution in [3.63, 3.8) is 0 Å². The van der Waals surface area contributed by atoms with Gasteiger partial charge in [-0.1, -0.05) is 215 Å². The lowest BCUT2D eigenvalue weighted by Crippen LogP contribution is -2.15. The normalized spacial score (nSPS) is 12.6. The number of hydrogen-bond donors (Lipinski definition) is 0. The van der Waals surface area contributed by atoms with E-state index in [0.29, 0.717) is 11.8 Å². The van der Waals surface area contributed by atoms with Crippen LogP contribution in [0.4, 0.5) is 34.1 Å². The van der Waals surface area contributed by atoms with Gasteiger partial charge in [-0.2, -0.15) is 0 Å². The Labute approximate surface area is 493 Å². The molecule has 0 radical (unpaired) electrons. The molecule has 0 saturated carbocycles. The fraction of sp³-hybridized carbons (Fsp3) is 0.175. The van der Waals surface area contributed by atoms with E-state index in [0.717, 1.165) is 34.1 Å². The molecule has 0 spiro atoms. The smallest absolute Gasteiger partial charge is 0.0641 e. The summed E-state index contributed by atoms with van der Waals surface area (Å²) in [6.45, 7) is 23.1. The van der Waals surface area contributed by atoms with E-state index in [2.05, 4.69) is 318 Å². The zero-order chi connectivity index (χ0) is 57.5. The molecule has 4 aromatic heterocycles. The second kappa shape index (κ2) is 19.1. The van der Waals surface area contributed by atoms with Crippen LogP contribution in [-0.4, -0.2) is 8.80 Å². The van der Waals surface area contributed by atoms with Crippen LogP contribution in [0.3, 0.4) is 0 Å². The van der Waals surface area contributed by atoms with Crippen molar-refractivity contribution in [2.45, 2.75) is 91.9 Å². The van der Waals surface area contributed by atoms with E-state index < -0.39 is 0 Å². The Morgan fingerprint density at radius 2 is 0.690 bits per heavy atom. The Hall–Kier alpha value is -9.38. The van der Waals surface area contributed by atoms with Crippen LogP contribution >= 0.6 is 0 Å².